The standard InChI is InChI=1S/C25H23ClN2O4/c1-16-6-5-9-22(17(16)2)31-14-24(29)27-19-10-11-23-21(12-19)28(25(30)15-32-23)13-18-7-3-4-8-20(18)26/h3-12H,13-15H2,1-2H3,(H,27,29). The number of aryl methyl sites for hydroxylation is 1. The molecule has 0 spiro atoms. The van der Waals surface area contributed by atoms with E-state index in [9.17, 15) is 9.59 Å². The number of anilines is 2. The summed E-state index contributed by atoms with van der Waals surface area (Å²) in [6.07, 6.45) is 0. The summed E-state index contributed by atoms with van der Waals surface area (Å²) >= 11 is 6.28. The fourth-order valence-electron chi connectivity index (χ4n) is 3.47. The molecule has 1 heterocycles. The predicted octanol–water partition coefficient (Wildman–Crippen LogP) is 4.90. The van der Waals surface area contributed by atoms with E-state index in [0.717, 1.165) is 16.7 Å². The van der Waals surface area contributed by atoms with Crippen molar-refractivity contribution in [3.05, 3.63) is 82.4 Å². The number of halogens is 1. The first-order valence-corrected chi connectivity index (χ1v) is 10.6. The number of amides is 2. The molecule has 0 aliphatic carbocycles. The molecule has 0 saturated carbocycles. The van der Waals surface area contributed by atoms with Crippen molar-refractivity contribution in [3.63, 3.8) is 0 Å². The van der Waals surface area contributed by atoms with Gasteiger partial charge in [0.05, 0.1) is 12.2 Å². The summed E-state index contributed by atoms with van der Waals surface area (Å²) in [6.45, 7) is 4.08. The van der Waals surface area contributed by atoms with Gasteiger partial charge in [-0.3, -0.25) is 9.59 Å². The summed E-state index contributed by atoms with van der Waals surface area (Å²) in [5, 5.41) is 3.41. The van der Waals surface area contributed by atoms with Crippen molar-refractivity contribution in [1.82, 2.24) is 0 Å². The summed E-state index contributed by atoms with van der Waals surface area (Å²) in [4.78, 5) is 26.7. The molecule has 0 bridgehead atoms. The zero-order valence-corrected chi connectivity index (χ0v) is 18.6. The van der Waals surface area contributed by atoms with Crippen LogP contribution in [0.25, 0.3) is 0 Å². The maximum Gasteiger partial charge on any atom is 0.265 e. The second-order valence-corrected chi connectivity index (χ2v) is 7.98. The quantitative estimate of drug-likeness (QED) is 0.580. The Morgan fingerprint density at radius 1 is 1.12 bits per heavy atom. The number of hydrogen-bond acceptors (Lipinski definition) is 4. The molecule has 1 aliphatic heterocycles. The first-order valence-electron chi connectivity index (χ1n) is 10.2. The SMILES string of the molecule is Cc1cccc(OCC(=O)Nc2ccc3c(c2)N(Cc2ccccc2Cl)C(=O)CO3)c1C. The molecule has 2 amide bonds. The van der Waals surface area contributed by atoms with E-state index >= 15 is 0 Å². The average Bonchev–Trinajstić information content (AvgIpc) is 2.78. The predicted molar refractivity (Wildman–Crippen MR) is 125 cm³/mol. The summed E-state index contributed by atoms with van der Waals surface area (Å²) in [7, 11) is 0. The fraction of sp³-hybridized carbons (Fsp3) is 0.200. The number of hydrogen-bond donors (Lipinski definition) is 1. The summed E-state index contributed by atoms with van der Waals surface area (Å²) in [6, 6.07) is 18.3. The molecular formula is C25H23ClN2O4. The Labute approximate surface area is 191 Å². The third kappa shape index (κ3) is 4.70. The Bertz CT molecular complexity index is 1180. The summed E-state index contributed by atoms with van der Waals surface area (Å²) in [5.74, 6) is 0.766. The highest BCUT2D eigenvalue weighted by Gasteiger charge is 2.26. The highest BCUT2D eigenvalue weighted by molar-refractivity contribution is 6.31. The molecule has 4 rings (SSSR count). The minimum atomic E-state index is -0.299. The molecule has 0 atom stereocenters. The van der Waals surface area contributed by atoms with Gasteiger partial charge < -0.3 is 19.7 Å². The molecule has 0 saturated heterocycles. The van der Waals surface area contributed by atoms with Gasteiger partial charge in [0, 0.05) is 10.7 Å². The van der Waals surface area contributed by atoms with Crippen molar-refractivity contribution in [2.24, 2.45) is 0 Å². The zero-order valence-electron chi connectivity index (χ0n) is 17.9. The lowest BCUT2D eigenvalue weighted by Crippen LogP contribution is -2.38. The number of fused-ring (bicyclic) bond motifs is 1. The van der Waals surface area contributed by atoms with E-state index in [1.165, 1.54) is 0 Å². The molecule has 164 valence electrons. The number of carbonyl (C=O) groups excluding carboxylic acids is 2. The van der Waals surface area contributed by atoms with Crippen LogP contribution in [0.4, 0.5) is 11.4 Å². The molecule has 1 aliphatic rings. The van der Waals surface area contributed by atoms with Crippen LogP contribution in [0.2, 0.25) is 5.02 Å². The van der Waals surface area contributed by atoms with Crippen molar-refractivity contribution in [2.75, 3.05) is 23.4 Å². The molecular weight excluding hydrogens is 428 g/mol. The molecule has 7 heteroatoms. The van der Waals surface area contributed by atoms with E-state index in [1.807, 2.05) is 50.2 Å². The first-order chi connectivity index (χ1) is 15.4. The average molecular weight is 451 g/mol. The van der Waals surface area contributed by atoms with Gasteiger partial charge in [0.2, 0.25) is 0 Å². The Morgan fingerprint density at radius 3 is 2.75 bits per heavy atom. The lowest BCUT2D eigenvalue weighted by atomic mass is 10.1. The van der Waals surface area contributed by atoms with Crippen LogP contribution in [0.3, 0.4) is 0 Å². The minimum absolute atomic E-state index is 0.0488. The first kappa shape index (κ1) is 21.7. The normalized spacial score (nSPS) is 12.7. The van der Waals surface area contributed by atoms with Crippen LogP contribution in [0.5, 0.6) is 11.5 Å². The van der Waals surface area contributed by atoms with Crippen LogP contribution in [0, 0.1) is 13.8 Å². The Kier molecular flexibility index (Phi) is 6.32. The molecule has 3 aromatic carbocycles. The molecule has 0 fully saturated rings. The van der Waals surface area contributed by atoms with Crippen molar-refractivity contribution in [3.8, 4) is 11.5 Å². The van der Waals surface area contributed by atoms with Gasteiger partial charge in [-0.25, -0.2) is 0 Å². The van der Waals surface area contributed by atoms with Gasteiger partial charge in [-0.15, -0.1) is 0 Å². The van der Waals surface area contributed by atoms with E-state index in [4.69, 9.17) is 21.1 Å². The molecule has 32 heavy (non-hydrogen) atoms. The second kappa shape index (κ2) is 9.32. The van der Waals surface area contributed by atoms with Gasteiger partial charge in [-0.05, 0) is 60.9 Å². The highest BCUT2D eigenvalue weighted by Crippen LogP contribution is 2.36. The molecule has 0 unspecified atom stereocenters. The van der Waals surface area contributed by atoms with Gasteiger partial charge in [0.15, 0.2) is 13.2 Å². The van der Waals surface area contributed by atoms with Crippen molar-refractivity contribution in [2.45, 2.75) is 20.4 Å². The molecule has 0 aromatic heterocycles. The molecule has 0 radical (unpaired) electrons. The van der Waals surface area contributed by atoms with Crippen LogP contribution in [0.15, 0.2) is 60.7 Å². The van der Waals surface area contributed by atoms with Gasteiger partial charge in [-0.1, -0.05) is 41.9 Å². The smallest absolute Gasteiger partial charge is 0.265 e. The Morgan fingerprint density at radius 2 is 1.94 bits per heavy atom. The molecule has 6 nitrogen and oxygen atoms in total. The van der Waals surface area contributed by atoms with Crippen molar-refractivity contribution in [1.29, 1.82) is 0 Å². The Balaban J connectivity index is 1.49. The van der Waals surface area contributed by atoms with Gasteiger partial charge in [0.1, 0.15) is 11.5 Å². The third-order valence-corrected chi connectivity index (χ3v) is 5.75. The van der Waals surface area contributed by atoms with Crippen molar-refractivity contribution >= 4 is 34.8 Å². The maximum absolute atomic E-state index is 12.6. The fourth-order valence-corrected chi connectivity index (χ4v) is 3.67. The van der Waals surface area contributed by atoms with Gasteiger partial charge in [-0.2, -0.15) is 0 Å². The van der Waals surface area contributed by atoms with Crippen molar-refractivity contribution < 1.29 is 19.1 Å². The number of carbonyl (C=O) groups is 2. The zero-order chi connectivity index (χ0) is 22.7. The Hall–Kier alpha value is -3.51. The van der Waals surface area contributed by atoms with E-state index < -0.39 is 0 Å². The summed E-state index contributed by atoms with van der Waals surface area (Å²) in [5.41, 5.74) is 4.04. The van der Waals surface area contributed by atoms with Crippen LogP contribution in [-0.4, -0.2) is 25.0 Å². The highest BCUT2D eigenvalue weighted by atomic mass is 35.5. The lowest BCUT2D eigenvalue weighted by molar-refractivity contribution is -0.121. The van der Waals surface area contributed by atoms with E-state index in [2.05, 4.69) is 5.32 Å². The monoisotopic (exact) mass is 450 g/mol. The largest absolute Gasteiger partial charge is 0.483 e. The second-order valence-electron chi connectivity index (χ2n) is 7.58. The van der Waals surface area contributed by atoms with Crippen LogP contribution in [-0.2, 0) is 16.1 Å². The van der Waals surface area contributed by atoms with Crippen LogP contribution < -0.4 is 19.7 Å². The number of ether oxygens (including phenoxy) is 2. The number of nitrogens with zero attached hydrogens (tertiary/aromatic N) is 1. The summed E-state index contributed by atoms with van der Waals surface area (Å²) < 4.78 is 11.2. The van der Waals surface area contributed by atoms with Crippen LogP contribution >= 0.6 is 11.6 Å². The van der Waals surface area contributed by atoms with E-state index in [-0.39, 0.29) is 25.0 Å². The maximum atomic E-state index is 12.6. The lowest BCUT2D eigenvalue weighted by Gasteiger charge is -2.30. The number of benzene rings is 3. The minimum Gasteiger partial charge on any atom is -0.483 e. The van der Waals surface area contributed by atoms with Gasteiger partial charge >= 0.3 is 0 Å². The number of rotatable bonds is 6. The number of nitrogens with one attached hydrogen (secondary N) is 1. The third-order valence-electron chi connectivity index (χ3n) is 5.39. The van der Waals surface area contributed by atoms with E-state index in [0.29, 0.717) is 34.4 Å². The van der Waals surface area contributed by atoms with E-state index in [1.54, 1.807) is 29.2 Å². The topological polar surface area (TPSA) is 67.9 Å². The van der Waals surface area contributed by atoms with Gasteiger partial charge in [0.25, 0.3) is 11.8 Å². The molecule has 1 N–H and O–H groups in total. The van der Waals surface area contributed by atoms with Crippen LogP contribution in [0.1, 0.15) is 16.7 Å². The molecule has 3 aromatic rings.